The van der Waals surface area contributed by atoms with Crippen LogP contribution in [0.3, 0.4) is 0 Å². The number of rotatable bonds is 2. The fourth-order valence-electron chi connectivity index (χ4n) is 4.33. The first-order chi connectivity index (χ1) is 14.7. The van der Waals surface area contributed by atoms with Gasteiger partial charge in [0.2, 0.25) is 0 Å². The van der Waals surface area contributed by atoms with Crippen LogP contribution in [0.5, 0.6) is 5.75 Å². The minimum Gasteiger partial charge on any atom is -0.406 e. The van der Waals surface area contributed by atoms with Crippen LogP contribution in [-0.4, -0.2) is 6.36 Å². The van der Waals surface area contributed by atoms with Gasteiger partial charge >= 0.3 is 18.7 Å². The SMILES string of the molecule is FC(F)(F)Oc1ccc2c(c1)C1C=CCC1C(c1ccc(C(F)(F)F)cc1C(F)(F)F)N2. The van der Waals surface area contributed by atoms with Crippen LogP contribution in [0.1, 0.15) is 40.6 Å². The van der Waals surface area contributed by atoms with E-state index in [1.807, 2.05) is 0 Å². The Hall–Kier alpha value is -2.85. The maximum absolute atomic E-state index is 13.7. The van der Waals surface area contributed by atoms with Crippen molar-refractivity contribution in [1.82, 2.24) is 0 Å². The van der Waals surface area contributed by atoms with Gasteiger partial charge in [0.15, 0.2) is 0 Å². The van der Waals surface area contributed by atoms with Crippen molar-refractivity contribution in [3.63, 3.8) is 0 Å². The molecular formula is C21H14F9NO. The summed E-state index contributed by atoms with van der Waals surface area (Å²) in [5.41, 5.74) is -2.49. The molecular weight excluding hydrogens is 453 g/mol. The molecule has 1 N–H and O–H groups in total. The second-order valence-electron chi connectivity index (χ2n) is 7.57. The second kappa shape index (κ2) is 7.35. The first-order valence-electron chi connectivity index (χ1n) is 9.35. The van der Waals surface area contributed by atoms with Crippen LogP contribution in [0, 0.1) is 5.92 Å². The highest BCUT2D eigenvalue weighted by Gasteiger charge is 2.44. The van der Waals surface area contributed by atoms with Crippen LogP contribution in [0.15, 0.2) is 48.6 Å². The molecule has 2 aromatic rings. The van der Waals surface area contributed by atoms with Gasteiger partial charge in [-0.25, -0.2) is 0 Å². The van der Waals surface area contributed by atoms with Crippen molar-refractivity contribution < 1.29 is 44.3 Å². The first kappa shape index (κ1) is 22.3. The molecule has 0 fully saturated rings. The fraction of sp³-hybridized carbons (Fsp3) is 0.333. The highest BCUT2D eigenvalue weighted by molar-refractivity contribution is 5.62. The van der Waals surface area contributed by atoms with Gasteiger partial charge < -0.3 is 10.1 Å². The normalized spacial score (nSPS) is 22.8. The lowest BCUT2D eigenvalue weighted by atomic mass is 9.76. The van der Waals surface area contributed by atoms with Crippen LogP contribution in [0.25, 0.3) is 0 Å². The molecule has 0 saturated heterocycles. The van der Waals surface area contributed by atoms with E-state index in [-0.39, 0.29) is 17.3 Å². The number of hydrogen-bond donors (Lipinski definition) is 1. The Morgan fingerprint density at radius 3 is 2.16 bits per heavy atom. The Balaban J connectivity index is 1.77. The Kier molecular flexibility index (Phi) is 5.13. The average Bonchev–Trinajstić information content (AvgIpc) is 3.14. The number of ether oxygens (including phenoxy) is 1. The van der Waals surface area contributed by atoms with Crippen molar-refractivity contribution in [3.05, 3.63) is 70.8 Å². The number of hydrogen-bond acceptors (Lipinski definition) is 2. The number of halogens is 9. The molecule has 172 valence electrons. The summed E-state index contributed by atoms with van der Waals surface area (Å²) in [5.74, 6) is -1.54. The largest absolute Gasteiger partial charge is 0.573 e. The number of allylic oxidation sites excluding steroid dienone is 2. The topological polar surface area (TPSA) is 21.3 Å². The van der Waals surface area contributed by atoms with E-state index in [0.29, 0.717) is 18.1 Å². The Morgan fingerprint density at radius 1 is 0.812 bits per heavy atom. The van der Waals surface area contributed by atoms with E-state index in [2.05, 4.69) is 10.1 Å². The second-order valence-corrected chi connectivity index (χ2v) is 7.57. The van der Waals surface area contributed by atoms with Crippen LogP contribution in [-0.2, 0) is 12.4 Å². The summed E-state index contributed by atoms with van der Waals surface area (Å²) < 4.78 is 122. The molecule has 0 bridgehead atoms. The van der Waals surface area contributed by atoms with E-state index < -0.39 is 53.5 Å². The summed E-state index contributed by atoms with van der Waals surface area (Å²) in [7, 11) is 0. The van der Waals surface area contributed by atoms with E-state index in [1.165, 1.54) is 6.07 Å². The molecule has 0 spiro atoms. The Morgan fingerprint density at radius 2 is 1.53 bits per heavy atom. The molecule has 11 heteroatoms. The molecule has 2 aromatic carbocycles. The predicted molar refractivity (Wildman–Crippen MR) is 95.9 cm³/mol. The van der Waals surface area contributed by atoms with Crippen molar-refractivity contribution in [2.24, 2.45) is 5.92 Å². The maximum Gasteiger partial charge on any atom is 0.573 e. The molecule has 1 aliphatic carbocycles. The Labute approximate surface area is 175 Å². The third-order valence-corrected chi connectivity index (χ3v) is 5.59. The summed E-state index contributed by atoms with van der Waals surface area (Å²) in [5, 5.41) is 2.89. The first-order valence-corrected chi connectivity index (χ1v) is 9.35. The number of fused-ring (bicyclic) bond motifs is 3. The number of nitrogens with one attached hydrogen (secondary N) is 1. The standard InChI is InChI=1S/C21H14F9NO/c22-19(23,24)10-4-6-14(16(8-10)20(25,26)27)18-13-3-1-2-12(13)15-9-11(32-21(28,29)30)5-7-17(15)31-18/h1-2,4-9,12-13,18,31H,3H2. The minimum absolute atomic E-state index is 0.0875. The molecule has 2 aliphatic rings. The zero-order chi connectivity index (χ0) is 23.5. The molecule has 0 aromatic heterocycles. The highest BCUT2D eigenvalue weighted by atomic mass is 19.4. The number of alkyl halides is 9. The van der Waals surface area contributed by atoms with Crippen LogP contribution >= 0.6 is 0 Å². The van der Waals surface area contributed by atoms with E-state index in [9.17, 15) is 39.5 Å². The van der Waals surface area contributed by atoms with Crippen molar-refractivity contribution in [3.8, 4) is 5.75 Å². The molecule has 0 radical (unpaired) electrons. The highest BCUT2D eigenvalue weighted by Crippen LogP contribution is 2.52. The van der Waals surface area contributed by atoms with Crippen molar-refractivity contribution in [2.75, 3.05) is 5.32 Å². The summed E-state index contributed by atoms with van der Waals surface area (Å²) in [6, 6.07) is 3.93. The molecule has 4 rings (SSSR count). The monoisotopic (exact) mass is 467 g/mol. The van der Waals surface area contributed by atoms with Gasteiger partial charge in [0.25, 0.3) is 0 Å². The molecule has 0 saturated carbocycles. The lowest BCUT2D eigenvalue weighted by molar-refractivity contribution is -0.274. The lowest BCUT2D eigenvalue weighted by Crippen LogP contribution is -2.31. The molecule has 3 unspecified atom stereocenters. The molecule has 1 heterocycles. The third kappa shape index (κ3) is 4.24. The van der Waals surface area contributed by atoms with E-state index in [0.717, 1.165) is 18.2 Å². The van der Waals surface area contributed by atoms with Gasteiger partial charge in [-0.2, -0.15) is 26.3 Å². The van der Waals surface area contributed by atoms with Crippen molar-refractivity contribution in [1.29, 1.82) is 0 Å². The van der Waals surface area contributed by atoms with Gasteiger partial charge in [-0.15, -0.1) is 13.2 Å². The average molecular weight is 467 g/mol. The van der Waals surface area contributed by atoms with E-state index in [1.54, 1.807) is 12.2 Å². The van der Waals surface area contributed by atoms with Crippen molar-refractivity contribution >= 4 is 5.69 Å². The van der Waals surface area contributed by atoms with E-state index >= 15 is 0 Å². The molecule has 0 amide bonds. The third-order valence-electron chi connectivity index (χ3n) is 5.59. The van der Waals surface area contributed by atoms with Gasteiger partial charge in [0, 0.05) is 11.6 Å². The maximum atomic E-state index is 13.7. The zero-order valence-electron chi connectivity index (χ0n) is 15.9. The van der Waals surface area contributed by atoms with Crippen LogP contribution in [0.2, 0.25) is 0 Å². The lowest BCUT2D eigenvalue weighted by Gasteiger charge is -2.38. The zero-order valence-corrected chi connectivity index (χ0v) is 15.9. The van der Waals surface area contributed by atoms with Gasteiger partial charge in [-0.05, 0) is 53.8 Å². The quantitative estimate of drug-likeness (QED) is 0.366. The molecule has 3 atom stereocenters. The van der Waals surface area contributed by atoms with Crippen molar-refractivity contribution in [2.45, 2.75) is 37.1 Å². The van der Waals surface area contributed by atoms with Gasteiger partial charge in [0.1, 0.15) is 5.75 Å². The number of anilines is 1. The van der Waals surface area contributed by atoms with Gasteiger partial charge in [-0.1, -0.05) is 18.2 Å². The number of benzene rings is 2. The Bertz CT molecular complexity index is 1050. The molecule has 32 heavy (non-hydrogen) atoms. The summed E-state index contributed by atoms with van der Waals surface area (Å²) in [6.07, 6.45) is -11.2. The minimum atomic E-state index is -5.04. The van der Waals surface area contributed by atoms with Gasteiger partial charge in [0.05, 0.1) is 17.2 Å². The molecule has 1 aliphatic heterocycles. The van der Waals surface area contributed by atoms with Crippen LogP contribution < -0.4 is 10.1 Å². The van der Waals surface area contributed by atoms with Crippen LogP contribution in [0.4, 0.5) is 45.2 Å². The fourth-order valence-corrected chi connectivity index (χ4v) is 4.33. The summed E-state index contributed by atoms with van der Waals surface area (Å²) in [6.45, 7) is 0. The summed E-state index contributed by atoms with van der Waals surface area (Å²) in [4.78, 5) is 0. The van der Waals surface area contributed by atoms with Gasteiger partial charge in [-0.3, -0.25) is 0 Å². The van der Waals surface area contributed by atoms with E-state index in [4.69, 9.17) is 0 Å². The summed E-state index contributed by atoms with van der Waals surface area (Å²) >= 11 is 0. The predicted octanol–water partition coefficient (Wildman–Crippen LogP) is 7.45. The smallest absolute Gasteiger partial charge is 0.406 e. The molecule has 2 nitrogen and oxygen atoms in total.